The average Bonchev–Trinajstić information content (AvgIpc) is 2.69. The molecule has 0 aliphatic heterocycles. The molecule has 1 aromatic heterocycles. The van der Waals surface area contributed by atoms with Gasteiger partial charge in [-0.2, -0.15) is 0 Å². The summed E-state index contributed by atoms with van der Waals surface area (Å²) >= 11 is 9.22. The average molecular weight is 355 g/mol. The van der Waals surface area contributed by atoms with E-state index >= 15 is 0 Å². The van der Waals surface area contributed by atoms with Gasteiger partial charge in [-0.05, 0) is 36.8 Å². The predicted octanol–water partition coefficient (Wildman–Crippen LogP) is 4.47. The van der Waals surface area contributed by atoms with Crippen molar-refractivity contribution < 1.29 is 4.39 Å². The molecule has 3 aromatic rings. The van der Waals surface area contributed by atoms with Crippen molar-refractivity contribution in [3.8, 4) is 5.69 Å². The highest BCUT2D eigenvalue weighted by Crippen LogP contribution is 2.29. The summed E-state index contributed by atoms with van der Waals surface area (Å²) in [6.45, 7) is 1.97. The molecule has 0 atom stereocenters. The summed E-state index contributed by atoms with van der Waals surface area (Å²) in [7, 11) is 0. The van der Waals surface area contributed by atoms with E-state index in [1.165, 1.54) is 12.1 Å². The smallest absolute Gasteiger partial charge is 0.205 e. The molecule has 0 amide bonds. The fraction of sp³-hybridized carbons (Fsp3) is 0.0714. The van der Waals surface area contributed by atoms with Gasteiger partial charge in [-0.3, -0.25) is 4.57 Å². The van der Waals surface area contributed by atoms with Crippen molar-refractivity contribution in [2.45, 2.75) is 6.92 Å². The van der Waals surface area contributed by atoms with Gasteiger partial charge in [0.15, 0.2) is 0 Å². The number of nitrogen functional groups attached to an aromatic ring is 1. The van der Waals surface area contributed by atoms with E-state index in [0.717, 1.165) is 15.7 Å². The second-order valence-electron chi connectivity index (χ2n) is 4.49. The van der Waals surface area contributed by atoms with E-state index < -0.39 is 5.82 Å². The quantitative estimate of drug-likeness (QED) is 0.700. The van der Waals surface area contributed by atoms with Gasteiger partial charge in [0.1, 0.15) is 5.82 Å². The zero-order valence-electron chi connectivity index (χ0n) is 10.5. The second-order valence-corrected chi connectivity index (χ2v) is 5.76. The Kier molecular flexibility index (Phi) is 3.18. The normalized spacial score (nSPS) is 11.2. The molecule has 0 aliphatic carbocycles. The lowest BCUT2D eigenvalue weighted by atomic mass is 10.2. The molecule has 0 unspecified atom stereocenters. The molecule has 102 valence electrons. The third-order valence-corrected chi connectivity index (χ3v) is 4.30. The topological polar surface area (TPSA) is 43.8 Å². The molecule has 2 aromatic carbocycles. The van der Waals surface area contributed by atoms with Crippen molar-refractivity contribution >= 4 is 44.5 Å². The third kappa shape index (κ3) is 2.07. The summed E-state index contributed by atoms with van der Waals surface area (Å²) in [6, 6.07) is 8.58. The lowest BCUT2D eigenvalue weighted by molar-refractivity contribution is 0.629. The fourth-order valence-electron chi connectivity index (χ4n) is 2.13. The third-order valence-electron chi connectivity index (χ3n) is 3.12. The van der Waals surface area contributed by atoms with Gasteiger partial charge in [0.2, 0.25) is 5.95 Å². The maximum absolute atomic E-state index is 13.7. The second kappa shape index (κ2) is 4.75. The first-order valence-electron chi connectivity index (χ1n) is 5.87. The minimum atomic E-state index is -0.492. The van der Waals surface area contributed by atoms with Gasteiger partial charge in [0.25, 0.3) is 0 Å². The standard InChI is InChI=1S/C14H10BrClFN3/c1-7-4-8(2-3-9(7)15)20-13-6-11(17)10(16)5-12(13)19-14(20)18/h2-6H,1H3,(H2,18,19). The van der Waals surface area contributed by atoms with E-state index in [1.54, 1.807) is 4.57 Å². The molecule has 20 heavy (non-hydrogen) atoms. The number of aromatic nitrogens is 2. The number of hydrogen-bond acceptors (Lipinski definition) is 2. The summed E-state index contributed by atoms with van der Waals surface area (Å²) < 4.78 is 16.4. The lowest BCUT2D eigenvalue weighted by Crippen LogP contribution is -2.01. The Morgan fingerprint density at radius 1 is 1.30 bits per heavy atom. The first kappa shape index (κ1) is 13.4. The number of nitrogens with zero attached hydrogens (tertiary/aromatic N) is 2. The Balaban J connectivity index is 2.32. The van der Waals surface area contributed by atoms with E-state index in [2.05, 4.69) is 20.9 Å². The molecule has 3 nitrogen and oxygen atoms in total. The van der Waals surface area contributed by atoms with Gasteiger partial charge in [-0.15, -0.1) is 0 Å². The van der Waals surface area contributed by atoms with E-state index in [-0.39, 0.29) is 5.02 Å². The maximum atomic E-state index is 13.7. The molecular formula is C14H10BrClFN3. The van der Waals surface area contributed by atoms with Crippen LogP contribution in [-0.2, 0) is 0 Å². The van der Waals surface area contributed by atoms with Crippen molar-refractivity contribution in [1.82, 2.24) is 9.55 Å². The molecule has 6 heteroatoms. The highest BCUT2D eigenvalue weighted by molar-refractivity contribution is 9.10. The van der Waals surface area contributed by atoms with Gasteiger partial charge in [-0.1, -0.05) is 27.5 Å². The van der Waals surface area contributed by atoms with Crippen LogP contribution in [0.25, 0.3) is 16.7 Å². The van der Waals surface area contributed by atoms with Gasteiger partial charge in [-0.25, -0.2) is 9.37 Å². The van der Waals surface area contributed by atoms with Crippen LogP contribution in [0.2, 0.25) is 5.02 Å². The van der Waals surface area contributed by atoms with Crippen LogP contribution < -0.4 is 5.73 Å². The van der Waals surface area contributed by atoms with Crippen molar-refractivity contribution in [2.24, 2.45) is 0 Å². The zero-order valence-corrected chi connectivity index (χ0v) is 12.8. The van der Waals surface area contributed by atoms with Crippen LogP contribution in [0, 0.1) is 12.7 Å². The monoisotopic (exact) mass is 353 g/mol. The highest BCUT2D eigenvalue weighted by atomic mass is 79.9. The number of aryl methyl sites for hydroxylation is 1. The van der Waals surface area contributed by atoms with Crippen molar-refractivity contribution in [3.05, 3.63) is 51.2 Å². The number of imidazole rings is 1. The highest BCUT2D eigenvalue weighted by Gasteiger charge is 2.13. The number of anilines is 1. The Morgan fingerprint density at radius 2 is 2.05 bits per heavy atom. The number of hydrogen-bond donors (Lipinski definition) is 1. The number of halogens is 3. The first-order chi connectivity index (χ1) is 9.47. The minimum absolute atomic E-state index is 0.0362. The SMILES string of the molecule is Cc1cc(-n2c(N)nc3cc(Cl)c(F)cc32)ccc1Br. The molecule has 1 heterocycles. The molecule has 2 N–H and O–H groups in total. The Labute approximate surface area is 128 Å². The lowest BCUT2D eigenvalue weighted by Gasteiger charge is -2.08. The summed E-state index contributed by atoms with van der Waals surface area (Å²) in [4.78, 5) is 4.22. The molecule has 0 saturated heterocycles. The van der Waals surface area contributed by atoms with E-state index in [4.69, 9.17) is 17.3 Å². The van der Waals surface area contributed by atoms with E-state index in [9.17, 15) is 4.39 Å². The Hall–Kier alpha value is -1.59. The maximum Gasteiger partial charge on any atom is 0.205 e. The van der Waals surface area contributed by atoms with Crippen LogP contribution >= 0.6 is 27.5 Å². The summed E-state index contributed by atoms with van der Waals surface area (Å²) in [5.41, 5.74) is 8.98. The van der Waals surface area contributed by atoms with Crippen molar-refractivity contribution in [3.63, 3.8) is 0 Å². The summed E-state index contributed by atoms with van der Waals surface area (Å²) in [5.74, 6) is -0.197. The van der Waals surface area contributed by atoms with Crippen LogP contribution in [0.1, 0.15) is 5.56 Å². The number of benzene rings is 2. The molecule has 0 saturated carbocycles. The van der Waals surface area contributed by atoms with Crippen LogP contribution in [-0.4, -0.2) is 9.55 Å². The van der Waals surface area contributed by atoms with E-state index in [0.29, 0.717) is 17.0 Å². The molecule has 0 aliphatic rings. The largest absolute Gasteiger partial charge is 0.369 e. The molecule has 0 spiro atoms. The van der Waals surface area contributed by atoms with E-state index in [1.807, 2.05) is 25.1 Å². The molecule has 0 radical (unpaired) electrons. The number of fused-ring (bicyclic) bond motifs is 1. The van der Waals surface area contributed by atoms with Gasteiger partial charge in [0, 0.05) is 16.2 Å². The number of nitrogens with two attached hydrogens (primary N) is 1. The minimum Gasteiger partial charge on any atom is -0.369 e. The van der Waals surface area contributed by atoms with Gasteiger partial charge < -0.3 is 5.73 Å². The van der Waals surface area contributed by atoms with Crippen LogP contribution in [0.5, 0.6) is 0 Å². The molecule has 0 fully saturated rings. The van der Waals surface area contributed by atoms with Crippen molar-refractivity contribution in [2.75, 3.05) is 5.73 Å². The Bertz CT molecular complexity index is 829. The fourth-order valence-corrected chi connectivity index (χ4v) is 2.54. The summed E-state index contributed by atoms with van der Waals surface area (Å²) in [5, 5.41) is 0.0362. The van der Waals surface area contributed by atoms with Crippen molar-refractivity contribution in [1.29, 1.82) is 0 Å². The zero-order chi connectivity index (χ0) is 14.4. The van der Waals surface area contributed by atoms with Gasteiger partial charge in [0.05, 0.1) is 16.1 Å². The van der Waals surface area contributed by atoms with Crippen LogP contribution in [0.4, 0.5) is 10.3 Å². The Morgan fingerprint density at radius 3 is 2.75 bits per heavy atom. The molecule has 3 rings (SSSR count). The number of rotatable bonds is 1. The molecule has 0 bridgehead atoms. The van der Waals surface area contributed by atoms with Gasteiger partial charge >= 0.3 is 0 Å². The molecular weight excluding hydrogens is 345 g/mol. The first-order valence-corrected chi connectivity index (χ1v) is 7.04. The van der Waals surface area contributed by atoms with Crippen LogP contribution in [0.15, 0.2) is 34.8 Å². The van der Waals surface area contributed by atoms with Crippen LogP contribution in [0.3, 0.4) is 0 Å². The summed E-state index contributed by atoms with van der Waals surface area (Å²) in [6.07, 6.45) is 0. The predicted molar refractivity (Wildman–Crippen MR) is 82.9 cm³/mol.